The Hall–Kier alpha value is -3.88. The number of esters is 2. The van der Waals surface area contributed by atoms with E-state index in [1.54, 1.807) is 43.3 Å². The minimum atomic E-state index is -0.868. The molecule has 0 fully saturated rings. The molecule has 0 atom stereocenters. The number of carbonyl (C=O) groups is 2. The van der Waals surface area contributed by atoms with Crippen LogP contribution in [0.25, 0.3) is 11.0 Å². The quantitative estimate of drug-likeness (QED) is 0.330. The van der Waals surface area contributed by atoms with Gasteiger partial charge in [0, 0.05) is 0 Å². The maximum atomic E-state index is 12.9. The summed E-state index contributed by atoms with van der Waals surface area (Å²) < 4.78 is 21.0. The Kier molecular flexibility index (Phi) is 6.31. The summed E-state index contributed by atoms with van der Waals surface area (Å²) in [7, 11) is 2.89. The Morgan fingerprint density at radius 3 is 2.50 bits per heavy atom. The molecule has 3 aromatic rings. The molecule has 0 amide bonds. The number of hydrogen-bond donors (Lipinski definition) is 0. The van der Waals surface area contributed by atoms with Crippen LogP contribution in [-0.4, -0.2) is 37.7 Å². The van der Waals surface area contributed by atoms with Gasteiger partial charge in [-0.1, -0.05) is 12.1 Å². The lowest BCUT2D eigenvalue weighted by Crippen LogP contribution is -2.39. The van der Waals surface area contributed by atoms with E-state index in [1.807, 2.05) is 0 Å². The summed E-state index contributed by atoms with van der Waals surface area (Å²) in [5, 5.41) is 12.9. The fraction of sp³-hybridized carbons (Fsp3) is 0.238. The molecule has 1 aromatic heterocycles. The molecule has 0 N–H and O–H groups in total. The second kappa shape index (κ2) is 9.08. The normalized spacial score (nSPS) is 10.5. The van der Waals surface area contributed by atoms with Crippen molar-refractivity contribution >= 4 is 23.0 Å². The van der Waals surface area contributed by atoms with Crippen molar-refractivity contribution in [1.82, 2.24) is 4.98 Å². The zero-order chi connectivity index (χ0) is 21.7. The van der Waals surface area contributed by atoms with Gasteiger partial charge in [-0.2, -0.15) is 4.73 Å². The molecule has 0 aliphatic carbocycles. The highest BCUT2D eigenvalue weighted by atomic mass is 16.5. The van der Waals surface area contributed by atoms with Crippen LogP contribution in [0.2, 0.25) is 0 Å². The number of hydrogen-bond acceptors (Lipinski definition) is 8. The minimum absolute atomic E-state index is 0.0237. The van der Waals surface area contributed by atoms with E-state index in [9.17, 15) is 14.8 Å². The van der Waals surface area contributed by atoms with Gasteiger partial charge in [-0.25, -0.2) is 14.6 Å². The van der Waals surface area contributed by atoms with Gasteiger partial charge in [0.25, 0.3) is 0 Å². The number of ether oxygens (including phenoxy) is 4. The number of rotatable bonds is 7. The lowest BCUT2D eigenvalue weighted by molar-refractivity contribution is -0.581. The number of carbonyl (C=O) groups excluding carboxylic acids is 2. The average Bonchev–Trinajstić information content (AvgIpc) is 2.77. The molecule has 2 aromatic carbocycles. The van der Waals surface area contributed by atoms with Crippen LogP contribution in [0, 0.1) is 5.21 Å². The summed E-state index contributed by atoms with van der Waals surface area (Å²) in [5.41, 5.74) is 0.257. The maximum absolute atomic E-state index is 12.9. The fourth-order valence-corrected chi connectivity index (χ4v) is 2.85. The third-order valence-corrected chi connectivity index (χ3v) is 4.27. The summed E-state index contributed by atoms with van der Waals surface area (Å²) >= 11 is 0. The van der Waals surface area contributed by atoms with Gasteiger partial charge in [0.15, 0.2) is 5.69 Å². The van der Waals surface area contributed by atoms with Crippen LogP contribution in [0.4, 0.5) is 0 Å². The van der Waals surface area contributed by atoms with Gasteiger partial charge in [-0.3, -0.25) is 0 Å². The van der Waals surface area contributed by atoms with Crippen LogP contribution < -0.4 is 14.2 Å². The SMILES string of the molecule is CCOC(=O)c1c(COC(=O)c2ccccc2OC)nc2ccc(OC)cc2[n+]1[O-]. The Balaban J connectivity index is 2.00. The standard InChI is InChI=1S/C21H20N2O7/c1-4-29-21(25)19-16(12-30-20(24)14-7-5-6-8-18(14)28-3)22-15-10-9-13(27-2)11-17(15)23(19)26/h5-11H,4,12H2,1-3H3. The molecule has 30 heavy (non-hydrogen) atoms. The molecule has 0 saturated carbocycles. The predicted molar refractivity (Wildman–Crippen MR) is 105 cm³/mol. The first-order valence-electron chi connectivity index (χ1n) is 9.07. The van der Waals surface area contributed by atoms with E-state index in [4.69, 9.17) is 18.9 Å². The summed E-state index contributed by atoms with van der Waals surface area (Å²) in [6.45, 7) is 1.27. The zero-order valence-electron chi connectivity index (χ0n) is 16.7. The van der Waals surface area contributed by atoms with E-state index in [1.165, 1.54) is 20.3 Å². The van der Waals surface area contributed by atoms with Crippen molar-refractivity contribution in [2.24, 2.45) is 0 Å². The van der Waals surface area contributed by atoms with Crippen molar-refractivity contribution in [2.75, 3.05) is 20.8 Å². The molecule has 0 saturated heterocycles. The minimum Gasteiger partial charge on any atom is -0.618 e. The molecule has 0 spiro atoms. The highest BCUT2D eigenvalue weighted by Crippen LogP contribution is 2.21. The Bertz CT molecular complexity index is 1100. The highest BCUT2D eigenvalue weighted by molar-refractivity contribution is 5.93. The first-order valence-corrected chi connectivity index (χ1v) is 9.07. The fourth-order valence-electron chi connectivity index (χ4n) is 2.85. The van der Waals surface area contributed by atoms with E-state index in [2.05, 4.69) is 4.98 Å². The lowest BCUT2D eigenvalue weighted by Gasteiger charge is -2.12. The molecular weight excluding hydrogens is 392 g/mol. The van der Waals surface area contributed by atoms with Crippen molar-refractivity contribution in [1.29, 1.82) is 0 Å². The van der Waals surface area contributed by atoms with Crippen molar-refractivity contribution < 1.29 is 33.3 Å². The second-order valence-electron chi connectivity index (χ2n) is 6.05. The van der Waals surface area contributed by atoms with E-state index >= 15 is 0 Å². The zero-order valence-corrected chi connectivity index (χ0v) is 16.7. The van der Waals surface area contributed by atoms with Crippen LogP contribution in [-0.2, 0) is 16.1 Å². The van der Waals surface area contributed by atoms with Crippen molar-refractivity contribution in [3.05, 3.63) is 64.6 Å². The van der Waals surface area contributed by atoms with Crippen molar-refractivity contribution in [3.8, 4) is 11.5 Å². The molecule has 0 unspecified atom stereocenters. The topological polar surface area (TPSA) is 111 Å². The van der Waals surface area contributed by atoms with Crippen LogP contribution in [0.5, 0.6) is 11.5 Å². The van der Waals surface area contributed by atoms with Crippen LogP contribution in [0.3, 0.4) is 0 Å². The van der Waals surface area contributed by atoms with Gasteiger partial charge in [-0.15, -0.1) is 0 Å². The van der Waals surface area contributed by atoms with Gasteiger partial charge in [-0.05, 0) is 31.2 Å². The van der Waals surface area contributed by atoms with Crippen LogP contribution >= 0.6 is 0 Å². The average molecular weight is 412 g/mol. The van der Waals surface area contributed by atoms with Crippen LogP contribution in [0.15, 0.2) is 42.5 Å². The molecular formula is C21H20N2O7. The molecule has 9 nitrogen and oxygen atoms in total. The molecule has 0 aliphatic rings. The van der Waals surface area contributed by atoms with E-state index in [-0.39, 0.29) is 29.1 Å². The second-order valence-corrected chi connectivity index (χ2v) is 6.05. The van der Waals surface area contributed by atoms with Crippen LogP contribution in [0.1, 0.15) is 33.5 Å². The number of fused-ring (bicyclic) bond motifs is 1. The number of methoxy groups -OCH3 is 2. The Morgan fingerprint density at radius 2 is 1.80 bits per heavy atom. The van der Waals surface area contributed by atoms with Gasteiger partial charge < -0.3 is 24.2 Å². The summed E-state index contributed by atoms with van der Waals surface area (Å²) in [6.07, 6.45) is 0. The molecule has 3 rings (SSSR count). The number of benzene rings is 2. The third kappa shape index (κ3) is 4.09. The smallest absolute Gasteiger partial charge is 0.407 e. The number of para-hydroxylation sites is 1. The van der Waals surface area contributed by atoms with Crippen molar-refractivity contribution in [2.45, 2.75) is 13.5 Å². The molecule has 0 radical (unpaired) electrons. The van der Waals surface area contributed by atoms with Gasteiger partial charge in [0.05, 0.1) is 26.9 Å². The molecule has 1 heterocycles. The Labute approximate surface area is 172 Å². The Morgan fingerprint density at radius 1 is 1.03 bits per heavy atom. The molecule has 0 bridgehead atoms. The first-order chi connectivity index (χ1) is 14.5. The monoisotopic (exact) mass is 412 g/mol. The third-order valence-electron chi connectivity index (χ3n) is 4.27. The van der Waals surface area contributed by atoms with E-state index in [0.29, 0.717) is 21.7 Å². The summed E-state index contributed by atoms with van der Waals surface area (Å²) in [5.74, 6) is -0.783. The van der Waals surface area contributed by atoms with Gasteiger partial charge in [0.1, 0.15) is 29.2 Å². The van der Waals surface area contributed by atoms with E-state index < -0.39 is 18.5 Å². The molecule has 0 aliphatic heterocycles. The summed E-state index contributed by atoms with van der Waals surface area (Å²) in [4.78, 5) is 29.3. The number of nitrogens with zero attached hydrogens (tertiary/aromatic N) is 2. The molecule has 9 heteroatoms. The largest absolute Gasteiger partial charge is 0.618 e. The van der Waals surface area contributed by atoms with Gasteiger partial charge >= 0.3 is 17.6 Å². The van der Waals surface area contributed by atoms with E-state index in [0.717, 1.165) is 0 Å². The first kappa shape index (κ1) is 20.8. The number of aromatic nitrogens is 2. The molecule has 156 valence electrons. The summed E-state index contributed by atoms with van der Waals surface area (Å²) in [6, 6.07) is 11.2. The maximum Gasteiger partial charge on any atom is 0.407 e. The van der Waals surface area contributed by atoms with Crippen molar-refractivity contribution in [3.63, 3.8) is 0 Å². The van der Waals surface area contributed by atoms with Gasteiger partial charge in [0.2, 0.25) is 5.52 Å². The highest BCUT2D eigenvalue weighted by Gasteiger charge is 2.29. The predicted octanol–water partition coefficient (Wildman–Crippen LogP) is 2.42. The lowest BCUT2D eigenvalue weighted by atomic mass is 10.2.